The van der Waals surface area contributed by atoms with Crippen LogP contribution >= 0.6 is 12.2 Å². The van der Waals surface area contributed by atoms with Gasteiger partial charge < -0.3 is 9.88 Å². The number of aromatic amines is 1. The minimum Gasteiger partial charge on any atom is -0.349 e. The highest BCUT2D eigenvalue weighted by Crippen LogP contribution is 2.42. The summed E-state index contributed by atoms with van der Waals surface area (Å²) in [4.78, 5) is 12.3. The molecular formula is C16H28N4OS. The Morgan fingerprint density at radius 3 is 2.86 bits per heavy atom. The summed E-state index contributed by atoms with van der Waals surface area (Å²) in [6.07, 6.45) is 5.52. The summed E-state index contributed by atoms with van der Waals surface area (Å²) in [6.45, 7) is 9.11. The zero-order valence-corrected chi connectivity index (χ0v) is 14.9. The number of carbonyl (C=O) groups is 1. The molecule has 0 spiro atoms. The molecule has 124 valence electrons. The van der Waals surface area contributed by atoms with Gasteiger partial charge in [0.1, 0.15) is 0 Å². The summed E-state index contributed by atoms with van der Waals surface area (Å²) in [6, 6.07) is 0.232. The normalized spacial score (nSPS) is 21.0. The number of H-pyrrole nitrogens is 1. The van der Waals surface area contributed by atoms with Gasteiger partial charge in [0.15, 0.2) is 10.6 Å². The summed E-state index contributed by atoms with van der Waals surface area (Å²) >= 11 is 5.22. The summed E-state index contributed by atoms with van der Waals surface area (Å²) in [7, 11) is 0. The summed E-state index contributed by atoms with van der Waals surface area (Å²) < 4.78 is 2.55. The number of amides is 1. The highest BCUT2D eigenvalue weighted by atomic mass is 32.1. The smallest absolute Gasteiger partial charge is 0.220 e. The molecule has 1 aliphatic carbocycles. The highest BCUT2D eigenvalue weighted by Gasteiger charge is 2.33. The van der Waals surface area contributed by atoms with Crippen LogP contribution in [0.15, 0.2) is 0 Å². The van der Waals surface area contributed by atoms with Crippen molar-refractivity contribution in [3.05, 3.63) is 10.6 Å². The van der Waals surface area contributed by atoms with Crippen molar-refractivity contribution in [1.82, 2.24) is 20.1 Å². The Labute approximate surface area is 137 Å². The largest absolute Gasteiger partial charge is 0.349 e. The molecule has 6 heteroatoms. The quantitative estimate of drug-likeness (QED) is 0.811. The Hall–Kier alpha value is -1.17. The Bertz CT molecular complexity index is 573. The number of aromatic nitrogens is 3. The fourth-order valence-electron chi connectivity index (χ4n) is 3.41. The molecular weight excluding hydrogens is 296 g/mol. The van der Waals surface area contributed by atoms with Gasteiger partial charge in [-0.1, -0.05) is 26.7 Å². The van der Waals surface area contributed by atoms with Crippen LogP contribution in [0.1, 0.15) is 71.7 Å². The average Bonchev–Trinajstić information content (AvgIpc) is 2.80. The molecule has 0 saturated heterocycles. The lowest BCUT2D eigenvalue weighted by Crippen LogP contribution is -2.34. The van der Waals surface area contributed by atoms with Crippen LogP contribution in [0.25, 0.3) is 0 Å². The van der Waals surface area contributed by atoms with Gasteiger partial charge in [-0.05, 0) is 50.2 Å². The first kappa shape index (κ1) is 17.2. The van der Waals surface area contributed by atoms with Gasteiger partial charge in [-0.25, -0.2) is 0 Å². The van der Waals surface area contributed by atoms with Crippen molar-refractivity contribution >= 4 is 18.1 Å². The van der Waals surface area contributed by atoms with Gasteiger partial charge in [0.25, 0.3) is 0 Å². The van der Waals surface area contributed by atoms with E-state index in [-0.39, 0.29) is 17.4 Å². The van der Waals surface area contributed by atoms with Gasteiger partial charge in [0, 0.05) is 12.5 Å². The third kappa shape index (κ3) is 3.97. The number of hydrogen-bond acceptors (Lipinski definition) is 3. The van der Waals surface area contributed by atoms with Crippen molar-refractivity contribution in [1.29, 1.82) is 0 Å². The Kier molecular flexibility index (Phi) is 5.42. The third-order valence-corrected chi connectivity index (χ3v) is 5.19. The van der Waals surface area contributed by atoms with E-state index in [0.717, 1.165) is 12.2 Å². The first-order valence-electron chi connectivity index (χ1n) is 8.23. The van der Waals surface area contributed by atoms with Crippen LogP contribution < -0.4 is 5.32 Å². The second-order valence-corrected chi connectivity index (χ2v) is 7.71. The number of carbonyl (C=O) groups excluding carboxylic acids is 1. The lowest BCUT2D eigenvalue weighted by molar-refractivity contribution is -0.123. The zero-order valence-electron chi connectivity index (χ0n) is 14.1. The maximum atomic E-state index is 12.3. The van der Waals surface area contributed by atoms with E-state index in [1.54, 1.807) is 0 Å². The molecule has 2 rings (SSSR count). The second kappa shape index (κ2) is 6.94. The van der Waals surface area contributed by atoms with Gasteiger partial charge in [-0.2, -0.15) is 5.10 Å². The molecule has 1 aromatic heterocycles. The van der Waals surface area contributed by atoms with Crippen LogP contribution in [-0.4, -0.2) is 20.7 Å². The monoisotopic (exact) mass is 324 g/mol. The van der Waals surface area contributed by atoms with E-state index in [9.17, 15) is 4.79 Å². The fourth-order valence-corrected chi connectivity index (χ4v) is 3.77. The molecule has 1 saturated carbocycles. The van der Waals surface area contributed by atoms with Crippen molar-refractivity contribution < 1.29 is 4.79 Å². The predicted molar refractivity (Wildman–Crippen MR) is 90.0 cm³/mol. The second-order valence-electron chi connectivity index (χ2n) is 7.32. The van der Waals surface area contributed by atoms with Crippen molar-refractivity contribution in [3.8, 4) is 0 Å². The molecule has 1 aliphatic rings. The molecule has 1 heterocycles. The van der Waals surface area contributed by atoms with E-state index in [1.165, 1.54) is 19.3 Å². The molecule has 0 unspecified atom stereocenters. The first-order chi connectivity index (χ1) is 10.3. The molecule has 1 atom stereocenters. The van der Waals surface area contributed by atoms with E-state index in [4.69, 9.17) is 12.2 Å². The van der Waals surface area contributed by atoms with Gasteiger partial charge in [0.05, 0.1) is 6.54 Å². The van der Waals surface area contributed by atoms with E-state index >= 15 is 0 Å². The fraction of sp³-hybridized carbons (Fsp3) is 0.812. The number of nitrogens with zero attached hydrogens (tertiary/aromatic N) is 2. The molecule has 1 fully saturated rings. The van der Waals surface area contributed by atoms with Crippen LogP contribution in [0.4, 0.5) is 0 Å². The van der Waals surface area contributed by atoms with Crippen LogP contribution in [0.5, 0.6) is 0 Å². The minimum atomic E-state index is 0.115. The summed E-state index contributed by atoms with van der Waals surface area (Å²) in [5, 5.41) is 10.0. The van der Waals surface area contributed by atoms with Crippen molar-refractivity contribution in [2.45, 2.75) is 72.4 Å². The molecule has 0 bridgehead atoms. The SMILES string of the molecule is CC(C)n1c(CNC(=O)C[C@H]2CCCCC2(C)C)n[nH]c1=S. The number of rotatable bonds is 5. The van der Waals surface area contributed by atoms with Crippen LogP contribution in [0.3, 0.4) is 0 Å². The molecule has 0 aromatic carbocycles. The molecule has 5 nitrogen and oxygen atoms in total. The van der Waals surface area contributed by atoms with E-state index in [1.807, 2.05) is 4.57 Å². The average molecular weight is 324 g/mol. The lowest BCUT2D eigenvalue weighted by Gasteiger charge is -2.38. The molecule has 0 radical (unpaired) electrons. The van der Waals surface area contributed by atoms with Crippen molar-refractivity contribution in [3.63, 3.8) is 0 Å². The molecule has 2 N–H and O–H groups in total. The zero-order chi connectivity index (χ0) is 16.3. The molecule has 1 aromatic rings. The van der Waals surface area contributed by atoms with E-state index in [0.29, 0.717) is 23.7 Å². The molecule has 0 aliphatic heterocycles. The minimum absolute atomic E-state index is 0.115. The van der Waals surface area contributed by atoms with Crippen LogP contribution in [0, 0.1) is 16.1 Å². The Morgan fingerprint density at radius 1 is 1.50 bits per heavy atom. The van der Waals surface area contributed by atoms with Gasteiger partial charge >= 0.3 is 0 Å². The highest BCUT2D eigenvalue weighted by molar-refractivity contribution is 7.71. The Morgan fingerprint density at radius 2 is 2.23 bits per heavy atom. The summed E-state index contributed by atoms with van der Waals surface area (Å²) in [5.41, 5.74) is 0.271. The van der Waals surface area contributed by atoms with Gasteiger partial charge in [-0.3, -0.25) is 9.89 Å². The van der Waals surface area contributed by atoms with Crippen LogP contribution in [0.2, 0.25) is 0 Å². The Balaban J connectivity index is 1.92. The third-order valence-electron chi connectivity index (χ3n) is 4.90. The number of hydrogen-bond donors (Lipinski definition) is 2. The van der Waals surface area contributed by atoms with Gasteiger partial charge in [-0.15, -0.1) is 0 Å². The van der Waals surface area contributed by atoms with Gasteiger partial charge in [0.2, 0.25) is 5.91 Å². The van der Waals surface area contributed by atoms with Crippen molar-refractivity contribution in [2.24, 2.45) is 11.3 Å². The molecule has 22 heavy (non-hydrogen) atoms. The van der Waals surface area contributed by atoms with Crippen LogP contribution in [-0.2, 0) is 11.3 Å². The predicted octanol–water partition coefficient (Wildman–Crippen LogP) is 3.74. The molecule has 1 amide bonds. The maximum Gasteiger partial charge on any atom is 0.220 e. The number of nitrogens with one attached hydrogen (secondary N) is 2. The first-order valence-corrected chi connectivity index (χ1v) is 8.64. The standard InChI is InChI=1S/C16H28N4OS/c1-11(2)20-13(18-19-15(20)22)10-17-14(21)9-12-7-5-6-8-16(12,3)4/h11-12H,5-10H2,1-4H3,(H,17,21)(H,19,22)/t12-/m1/s1. The van der Waals surface area contributed by atoms with E-state index in [2.05, 4.69) is 43.2 Å². The maximum absolute atomic E-state index is 12.3. The lowest BCUT2D eigenvalue weighted by atomic mass is 9.67. The topological polar surface area (TPSA) is 62.7 Å². The summed E-state index contributed by atoms with van der Waals surface area (Å²) in [5.74, 6) is 1.38. The van der Waals surface area contributed by atoms with E-state index < -0.39 is 0 Å². The van der Waals surface area contributed by atoms with Crippen molar-refractivity contribution in [2.75, 3.05) is 0 Å².